The van der Waals surface area contributed by atoms with Crippen LogP contribution in [-0.4, -0.2) is 49.7 Å². The quantitative estimate of drug-likeness (QED) is 0.767. The van der Waals surface area contributed by atoms with Crippen molar-refractivity contribution in [2.24, 2.45) is 5.92 Å². The van der Waals surface area contributed by atoms with E-state index in [1.54, 1.807) is 0 Å². The number of nitrogens with one attached hydrogen (secondary N) is 1. The summed E-state index contributed by atoms with van der Waals surface area (Å²) in [6.07, 6.45) is 3.26. The van der Waals surface area contributed by atoms with Gasteiger partial charge in [0, 0.05) is 25.7 Å². The molecule has 4 heteroatoms. The molecular formula is C24H30N2O2. The van der Waals surface area contributed by atoms with E-state index < -0.39 is 0 Å². The third-order valence-corrected chi connectivity index (χ3v) is 5.92. The van der Waals surface area contributed by atoms with E-state index in [2.05, 4.69) is 52.7 Å². The first-order chi connectivity index (χ1) is 13.8. The predicted molar refractivity (Wildman–Crippen MR) is 111 cm³/mol. The molecule has 28 heavy (non-hydrogen) atoms. The summed E-state index contributed by atoms with van der Waals surface area (Å²) in [5.41, 5.74) is 2.46. The zero-order valence-electron chi connectivity index (χ0n) is 16.4. The molecule has 1 amide bonds. The molecule has 0 aromatic heterocycles. The van der Waals surface area contributed by atoms with Crippen LogP contribution in [0.3, 0.4) is 0 Å². The van der Waals surface area contributed by atoms with Gasteiger partial charge < -0.3 is 10.1 Å². The number of carbonyl (C=O) groups is 1. The van der Waals surface area contributed by atoms with Crippen molar-refractivity contribution in [2.75, 3.05) is 32.8 Å². The zero-order chi connectivity index (χ0) is 19.2. The van der Waals surface area contributed by atoms with Crippen LogP contribution in [0.2, 0.25) is 0 Å². The lowest BCUT2D eigenvalue weighted by molar-refractivity contribution is -0.123. The maximum Gasteiger partial charge on any atom is 0.227 e. The van der Waals surface area contributed by atoms with E-state index in [0.717, 1.165) is 51.1 Å². The summed E-state index contributed by atoms with van der Waals surface area (Å²) in [5.74, 6) is 0.668. The number of rotatable bonds is 8. The Hall–Kier alpha value is -2.17. The molecule has 1 saturated carbocycles. The van der Waals surface area contributed by atoms with E-state index in [0.29, 0.717) is 18.5 Å². The van der Waals surface area contributed by atoms with Gasteiger partial charge in [0.2, 0.25) is 5.91 Å². The Morgan fingerprint density at radius 2 is 1.64 bits per heavy atom. The van der Waals surface area contributed by atoms with Gasteiger partial charge in [0.15, 0.2) is 0 Å². The third-order valence-electron chi connectivity index (χ3n) is 5.92. The molecule has 0 bridgehead atoms. The Labute approximate surface area is 167 Å². The van der Waals surface area contributed by atoms with Crippen LogP contribution in [0.1, 0.15) is 29.9 Å². The van der Waals surface area contributed by atoms with Crippen molar-refractivity contribution in [1.29, 1.82) is 0 Å². The summed E-state index contributed by atoms with van der Waals surface area (Å²) >= 11 is 0. The minimum Gasteiger partial charge on any atom is -0.379 e. The summed E-state index contributed by atoms with van der Waals surface area (Å²) in [5, 5.41) is 3.30. The van der Waals surface area contributed by atoms with E-state index in [-0.39, 0.29) is 11.8 Å². The van der Waals surface area contributed by atoms with E-state index in [1.165, 1.54) is 5.56 Å². The van der Waals surface area contributed by atoms with Crippen molar-refractivity contribution < 1.29 is 9.53 Å². The molecule has 2 aromatic carbocycles. The van der Waals surface area contributed by atoms with Gasteiger partial charge in [-0.05, 0) is 36.3 Å². The van der Waals surface area contributed by atoms with Crippen molar-refractivity contribution in [3.05, 3.63) is 71.8 Å². The Morgan fingerprint density at radius 3 is 2.29 bits per heavy atom. The van der Waals surface area contributed by atoms with Crippen LogP contribution in [0.5, 0.6) is 0 Å². The highest BCUT2D eigenvalue weighted by Crippen LogP contribution is 2.42. The number of hydrogen-bond donors (Lipinski definition) is 1. The van der Waals surface area contributed by atoms with Crippen LogP contribution < -0.4 is 5.32 Å². The molecule has 1 aliphatic heterocycles. The monoisotopic (exact) mass is 378 g/mol. The van der Waals surface area contributed by atoms with Gasteiger partial charge in [-0.2, -0.15) is 0 Å². The number of nitrogens with zero attached hydrogens (tertiary/aromatic N) is 1. The second kappa shape index (κ2) is 9.35. The lowest BCUT2D eigenvalue weighted by atomic mass is 9.93. The first kappa shape index (κ1) is 19.2. The third kappa shape index (κ3) is 5.00. The summed E-state index contributed by atoms with van der Waals surface area (Å²) in [6, 6.07) is 21.1. The fraction of sp³-hybridized carbons (Fsp3) is 0.458. The van der Waals surface area contributed by atoms with Gasteiger partial charge >= 0.3 is 0 Å². The van der Waals surface area contributed by atoms with Crippen LogP contribution in [-0.2, 0) is 16.0 Å². The molecular weight excluding hydrogens is 348 g/mol. The standard InChI is InChI=1S/C24H30N2O2/c27-24(23(21-11-12-21)20-9-5-2-6-10-20)25-18-22(26-13-15-28-16-14-26)17-19-7-3-1-4-8-19/h1-10,21-23H,11-18H2,(H,25,27). The molecule has 1 N–H and O–H groups in total. The van der Waals surface area contributed by atoms with Crippen molar-refractivity contribution >= 4 is 5.91 Å². The number of amides is 1. The second-order valence-corrected chi connectivity index (χ2v) is 7.96. The highest BCUT2D eigenvalue weighted by Gasteiger charge is 2.37. The fourth-order valence-corrected chi connectivity index (χ4v) is 4.22. The molecule has 2 atom stereocenters. The summed E-state index contributed by atoms with van der Waals surface area (Å²) in [7, 11) is 0. The van der Waals surface area contributed by atoms with E-state index in [9.17, 15) is 4.79 Å². The van der Waals surface area contributed by atoms with E-state index in [1.807, 2.05) is 18.2 Å². The van der Waals surface area contributed by atoms with Gasteiger partial charge in [-0.25, -0.2) is 0 Å². The molecule has 2 fully saturated rings. The fourth-order valence-electron chi connectivity index (χ4n) is 4.22. The van der Waals surface area contributed by atoms with Crippen molar-refractivity contribution in [3.63, 3.8) is 0 Å². The molecule has 1 aliphatic carbocycles. The normalized spacial score (nSPS) is 19.7. The first-order valence-electron chi connectivity index (χ1n) is 10.5. The van der Waals surface area contributed by atoms with Gasteiger partial charge in [-0.15, -0.1) is 0 Å². The average Bonchev–Trinajstić information content (AvgIpc) is 3.58. The average molecular weight is 379 g/mol. The first-order valence-corrected chi connectivity index (χ1v) is 10.5. The van der Waals surface area contributed by atoms with Crippen LogP contribution in [0.15, 0.2) is 60.7 Å². The van der Waals surface area contributed by atoms with Gasteiger partial charge in [0.1, 0.15) is 0 Å². The Kier molecular flexibility index (Phi) is 6.40. The predicted octanol–water partition coefficient (Wildman–Crippen LogP) is 3.24. The molecule has 2 unspecified atom stereocenters. The second-order valence-electron chi connectivity index (χ2n) is 7.96. The largest absolute Gasteiger partial charge is 0.379 e. The van der Waals surface area contributed by atoms with E-state index >= 15 is 0 Å². The highest BCUT2D eigenvalue weighted by atomic mass is 16.5. The van der Waals surface area contributed by atoms with Crippen LogP contribution >= 0.6 is 0 Å². The summed E-state index contributed by atoms with van der Waals surface area (Å²) < 4.78 is 5.53. The Balaban J connectivity index is 1.43. The lowest BCUT2D eigenvalue weighted by Gasteiger charge is -2.35. The Bertz CT molecular complexity index is 740. The molecule has 4 nitrogen and oxygen atoms in total. The van der Waals surface area contributed by atoms with Gasteiger partial charge in [0.25, 0.3) is 0 Å². The van der Waals surface area contributed by atoms with E-state index in [4.69, 9.17) is 4.74 Å². The number of morpholine rings is 1. The molecule has 2 aromatic rings. The number of benzene rings is 2. The van der Waals surface area contributed by atoms with Gasteiger partial charge in [-0.1, -0.05) is 60.7 Å². The summed E-state index contributed by atoms with van der Waals surface area (Å²) in [4.78, 5) is 15.6. The number of hydrogen-bond acceptors (Lipinski definition) is 3. The number of carbonyl (C=O) groups excluding carboxylic acids is 1. The van der Waals surface area contributed by atoms with Gasteiger partial charge in [-0.3, -0.25) is 9.69 Å². The van der Waals surface area contributed by atoms with Crippen LogP contribution in [0, 0.1) is 5.92 Å². The topological polar surface area (TPSA) is 41.6 Å². The maximum absolute atomic E-state index is 13.1. The molecule has 1 saturated heterocycles. The minimum atomic E-state index is -0.0109. The summed E-state index contributed by atoms with van der Waals surface area (Å²) in [6.45, 7) is 4.09. The highest BCUT2D eigenvalue weighted by molar-refractivity contribution is 5.84. The molecule has 2 aliphatic rings. The van der Waals surface area contributed by atoms with Crippen LogP contribution in [0.25, 0.3) is 0 Å². The Morgan fingerprint density at radius 1 is 1.00 bits per heavy atom. The molecule has 4 rings (SSSR count). The number of ether oxygens (including phenoxy) is 1. The van der Waals surface area contributed by atoms with Crippen molar-refractivity contribution in [2.45, 2.75) is 31.2 Å². The molecule has 1 heterocycles. The minimum absolute atomic E-state index is 0.0109. The van der Waals surface area contributed by atoms with Crippen molar-refractivity contribution in [3.8, 4) is 0 Å². The smallest absolute Gasteiger partial charge is 0.227 e. The molecule has 0 spiro atoms. The zero-order valence-corrected chi connectivity index (χ0v) is 16.4. The van der Waals surface area contributed by atoms with Gasteiger partial charge in [0.05, 0.1) is 19.1 Å². The maximum atomic E-state index is 13.1. The SMILES string of the molecule is O=C(NCC(Cc1ccccc1)N1CCOCC1)C(c1ccccc1)C1CC1. The molecule has 148 valence electrons. The molecule has 0 radical (unpaired) electrons. The van der Waals surface area contributed by atoms with Crippen LogP contribution in [0.4, 0.5) is 0 Å². The van der Waals surface area contributed by atoms with Crippen molar-refractivity contribution in [1.82, 2.24) is 10.2 Å². The lowest BCUT2D eigenvalue weighted by Crippen LogP contribution is -2.50.